The van der Waals surface area contributed by atoms with Crippen molar-refractivity contribution in [2.24, 2.45) is 5.41 Å². The van der Waals surface area contributed by atoms with Gasteiger partial charge in [-0.05, 0) is 44.2 Å². The van der Waals surface area contributed by atoms with Gasteiger partial charge in [0.2, 0.25) is 0 Å². The predicted octanol–water partition coefficient (Wildman–Crippen LogP) is 4.57. The van der Waals surface area contributed by atoms with Gasteiger partial charge in [-0.2, -0.15) is 0 Å². The van der Waals surface area contributed by atoms with Crippen LogP contribution >= 0.6 is 0 Å². The number of nitrogens with one attached hydrogen (secondary N) is 1. The van der Waals surface area contributed by atoms with Crippen LogP contribution in [-0.2, 0) is 4.74 Å². The second-order valence-electron chi connectivity index (χ2n) is 7.40. The third-order valence-corrected chi connectivity index (χ3v) is 3.69. The highest BCUT2D eigenvalue weighted by Crippen LogP contribution is 2.29. The summed E-state index contributed by atoms with van der Waals surface area (Å²) < 4.78 is 5.49. The fraction of sp³-hybridized carbons (Fsp3) is 0.667. The molecule has 0 fully saturated rings. The third-order valence-electron chi connectivity index (χ3n) is 3.69. The Hall–Kier alpha value is -0.860. The third kappa shape index (κ3) is 6.53. The minimum atomic E-state index is -0.0596. The number of benzene rings is 1. The van der Waals surface area contributed by atoms with Gasteiger partial charge in [0.1, 0.15) is 0 Å². The number of methoxy groups -OCH3 is 1. The maximum atomic E-state index is 5.49. The molecule has 1 aromatic rings. The molecule has 0 aliphatic rings. The average molecular weight is 277 g/mol. The van der Waals surface area contributed by atoms with Crippen LogP contribution in [0.4, 0.5) is 0 Å². The first kappa shape index (κ1) is 17.2. The van der Waals surface area contributed by atoms with Crippen molar-refractivity contribution in [2.45, 2.75) is 59.1 Å². The van der Waals surface area contributed by atoms with Gasteiger partial charge >= 0.3 is 0 Å². The van der Waals surface area contributed by atoms with Crippen LogP contribution in [0, 0.1) is 5.41 Å². The lowest BCUT2D eigenvalue weighted by Gasteiger charge is -2.29. The van der Waals surface area contributed by atoms with Gasteiger partial charge in [-0.15, -0.1) is 0 Å². The molecular weight excluding hydrogens is 246 g/mol. The zero-order chi connectivity index (χ0) is 15.2. The van der Waals surface area contributed by atoms with E-state index in [1.54, 1.807) is 7.11 Å². The van der Waals surface area contributed by atoms with Crippen LogP contribution in [0.2, 0.25) is 0 Å². The largest absolute Gasteiger partial charge is 0.379 e. The van der Waals surface area contributed by atoms with Crippen molar-refractivity contribution in [1.82, 2.24) is 5.32 Å². The van der Waals surface area contributed by atoms with Crippen LogP contribution in [0.5, 0.6) is 0 Å². The van der Waals surface area contributed by atoms with Crippen LogP contribution in [0.15, 0.2) is 30.3 Å². The Balaban J connectivity index is 2.65. The Labute approximate surface area is 124 Å². The van der Waals surface area contributed by atoms with Crippen molar-refractivity contribution in [2.75, 3.05) is 13.7 Å². The van der Waals surface area contributed by atoms with Crippen molar-refractivity contribution < 1.29 is 4.74 Å². The molecule has 1 rings (SSSR count). The normalized spacial score (nSPS) is 14.3. The molecule has 0 aliphatic heterocycles. The van der Waals surface area contributed by atoms with E-state index >= 15 is 0 Å². The van der Waals surface area contributed by atoms with Gasteiger partial charge in [0.15, 0.2) is 0 Å². The Morgan fingerprint density at radius 3 is 2.15 bits per heavy atom. The summed E-state index contributed by atoms with van der Waals surface area (Å²) in [6.45, 7) is 12.1. The summed E-state index contributed by atoms with van der Waals surface area (Å²) in [4.78, 5) is 0. The molecule has 2 heteroatoms. The van der Waals surface area contributed by atoms with E-state index in [1.807, 2.05) is 0 Å². The summed E-state index contributed by atoms with van der Waals surface area (Å²) in [6, 6.07) is 11.1. The fourth-order valence-corrected chi connectivity index (χ4v) is 2.26. The molecule has 0 aromatic heterocycles. The van der Waals surface area contributed by atoms with Crippen molar-refractivity contribution in [1.29, 1.82) is 0 Å². The van der Waals surface area contributed by atoms with E-state index in [4.69, 9.17) is 4.74 Å². The molecule has 1 N–H and O–H groups in total. The topological polar surface area (TPSA) is 21.3 Å². The van der Waals surface area contributed by atoms with Crippen molar-refractivity contribution in [3.05, 3.63) is 35.9 Å². The van der Waals surface area contributed by atoms with Gasteiger partial charge < -0.3 is 10.1 Å². The SMILES string of the molecule is COC(C)(C)CCNC(CC(C)(C)C)c1ccccc1. The highest BCUT2D eigenvalue weighted by molar-refractivity contribution is 5.19. The van der Waals surface area contributed by atoms with Crippen LogP contribution in [0.1, 0.15) is 59.1 Å². The minimum absolute atomic E-state index is 0.0596. The Morgan fingerprint density at radius 2 is 1.65 bits per heavy atom. The molecule has 20 heavy (non-hydrogen) atoms. The maximum Gasteiger partial charge on any atom is 0.0634 e. The first-order valence-electron chi connectivity index (χ1n) is 7.57. The summed E-state index contributed by atoms with van der Waals surface area (Å²) in [6.07, 6.45) is 2.14. The lowest BCUT2D eigenvalue weighted by atomic mass is 9.85. The lowest BCUT2D eigenvalue weighted by molar-refractivity contribution is 0.0151. The predicted molar refractivity (Wildman–Crippen MR) is 87.0 cm³/mol. The molecule has 0 heterocycles. The van der Waals surface area contributed by atoms with Gasteiger partial charge in [-0.25, -0.2) is 0 Å². The first-order valence-corrected chi connectivity index (χ1v) is 7.57. The van der Waals surface area contributed by atoms with E-state index < -0.39 is 0 Å². The molecule has 0 bridgehead atoms. The molecule has 0 radical (unpaired) electrons. The molecule has 0 saturated heterocycles. The fourth-order valence-electron chi connectivity index (χ4n) is 2.26. The Bertz CT molecular complexity index is 378. The Morgan fingerprint density at radius 1 is 1.05 bits per heavy atom. The number of ether oxygens (including phenoxy) is 1. The lowest BCUT2D eigenvalue weighted by Crippen LogP contribution is -2.32. The first-order chi connectivity index (χ1) is 9.23. The van der Waals surface area contributed by atoms with E-state index in [9.17, 15) is 0 Å². The van der Waals surface area contributed by atoms with Gasteiger partial charge in [0.05, 0.1) is 5.60 Å². The zero-order valence-corrected chi connectivity index (χ0v) is 14.0. The summed E-state index contributed by atoms with van der Waals surface area (Å²) in [7, 11) is 1.78. The van der Waals surface area contributed by atoms with Crippen LogP contribution in [0.25, 0.3) is 0 Å². The molecular formula is C18H31NO. The van der Waals surface area contributed by atoms with Crippen LogP contribution < -0.4 is 5.32 Å². The number of rotatable bonds is 7. The van der Waals surface area contributed by atoms with E-state index in [2.05, 4.69) is 70.3 Å². The van der Waals surface area contributed by atoms with E-state index in [0.29, 0.717) is 11.5 Å². The van der Waals surface area contributed by atoms with Crippen LogP contribution in [-0.4, -0.2) is 19.3 Å². The van der Waals surface area contributed by atoms with E-state index in [1.165, 1.54) is 5.56 Å². The quantitative estimate of drug-likeness (QED) is 0.788. The number of hydrogen-bond donors (Lipinski definition) is 1. The second kappa shape index (κ2) is 7.24. The maximum absolute atomic E-state index is 5.49. The molecule has 0 spiro atoms. The molecule has 1 aromatic carbocycles. The zero-order valence-electron chi connectivity index (χ0n) is 14.0. The van der Waals surface area contributed by atoms with Crippen molar-refractivity contribution in [3.63, 3.8) is 0 Å². The minimum Gasteiger partial charge on any atom is -0.379 e. The number of hydrogen-bond acceptors (Lipinski definition) is 2. The van der Waals surface area contributed by atoms with Gasteiger partial charge in [-0.1, -0.05) is 51.1 Å². The summed E-state index contributed by atoms with van der Waals surface area (Å²) >= 11 is 0. The smallest absolute Gasteiger partial charge is 0.0634 e. The average Bonchev–Trinajstić information content (AvgIpc) is 2.37. The van der Waals surface area contributed by atoms with Gasteiger partial charge in [-0.3, -0.25) is 0 Å². The summed E-state index contributed by atoms with van der Waals surface area (Å²) in [5, 5.41) is 3.70. The summed E-state index contributed by atoms with van der Waals surface area (Å²) in [5.74, 6) is 0. The second-order valence-corrected chi connectivity index (χ2v) is 7.40. The molecule has 0 amide bonds. The molecule has 2 nitrogen and oxygen atoms in total. The van der Waals surface area contributed by atoms with Crippen LogP contribution in [0.3, 0.4) is 0 Å². The Kier molecular flexibility index (Phi) is 6.22. The van der Waals surface area contributed by atoms with E-state index in [0.717, 1.165) is 19.4 Å². The molecule has 1 atom stereocenters. The van der Waals surface area contributed by atoms with Gasteiger partial charge in [0.25, 0.3) is 0 Å². The molecule has 0 aliphatic carbocycles. The van der Waals surface area contributed by atoms with Crippen molar-refractivity contribution in [3.8, 4) is 0 Å². The highest BCUT2D eigenvalue weighted by Gasteiger charge is 2.21. The van der Waals surface area contributed by atoms with E-state index in [-0.39, 0.29) is 5.60 Å². The monoisotopic (exact) mass is 277 g/mol. The highest BCUT2D eigenvalue weighted by atomic mass is 16.5. The summed E-state index contributed by atoms with van der Waals surface area (Å²) in [5.41, 5.74) is 1.62. The molecule has 114 valence electrons. The van der Waals surface area contributed by atoms with Crippen molar-refractivity contribution >= 4 is 0 Å². The standard InChI is InChI=1S/C18H31NO/c1-17(2,3)14-16(15-10-8-7-9-11-15)19-13-12-18(4,5)20-6/h7-11,16,19H,12-14H2,1-6H3. The molecule has 0 saturated carbocycles. The van der Waals surface area contributed by atoms with Gasteiger partial charge in [0, 0.05) is 13.2 Å². The molecule has 1 unspecified atom stereocenters.